The molecule has 516 valence electrons. The Morgan fingerprint density at radius 3 is 1.56 bits per heavy atom. The lowest BCUT2D eigenvalue weighted by Crippen LogP contribution is -2.65. The zero-order valence-electron chi connectivity index (χ0n) is 52.4. The monoisotopic (exact) mass is 1280 g/mol. The maximum atomic E-state index is 12.8. The van der Waals surface area contributed by atoms with Crippen molar-refractivity contribution < 1.29 is 139 Å². The fourth-order valence-electron chi connectivity index (χ4n) is 17.2. The van der Waals surface area contributed by atoms with Crippen LogP contribution in [0, 0.1) is 51.2 Å². The van der Waals surface area contributed by atoms with E-state index < -0.39 is 221 Å². The van der Waals surface area contributed by atoms with Gasteiger partial charge in [-0.2, -0.15) is 0 Å². The number of aliphatic hydroxyl groups excluding tert-OH is 17. The van der Waals surface area contributed by atoms with E-state index in [2.05, 4.69) is 33.8 Å². The van der Waals surface area contributed by atoms with Crippen LogP contribution < -0.4 is 0 Å². The lowest BCUT2D eigenvalue weighted by molar-refractivity contribution is -0.380. The molecule has 0 spiro atoms. The molecule has 8 fully saturated rings. The molecule has 5 heterocycles. The van der Waals surface area contributed by atoms with Crippen LogP contribution in [0.2, 0.25) is 0 Å². The van der Waals surface area contributed by atoms with E-state index in [1.807, 2.05) is 13.8 Å². The minimum atomic E-state index is -1.93. The average Bonchev–Trinajstić information content (AvgIpc) is 1.67. The molecule has 9 rings (SSSR count). The Balaban J connectivity index is 0.883. The van der Waals surface area contributed by atoms with Gasteiger partial charge in [0.2, 0.25) is 0 Å². The van der Waals surface area contributed by atoms with Gasteiger partial charge in [0.15, 0.2) is 31.5 Å². The highest BCUT2D eigenvalue weighted by Crippen LogP contribution is 2.75. The van der Waals surface area contributed by atoms with Crippen LogP contribution in [0.3, 0.4) is 0 Å². The first-order valence-corrected chi connectivity index (χ1v) is 31.9. The topological polar surface area (TPSA) is 456 Å². The SMILES string of the molecule is C[C@H]1[C@H](O)[C@@H](O)[C@H](OC[C@H]2O[C@@H](O[C@H](CC[C@@H](C)[C@H]3CC[C@@]4(C)[C@@H]5CC=C6[C@@H](CC[C@H](O[C@@H]7O[C@H](CO[C@@H]8O[C@H](CO)[C@@H](O)[C@H](O)[C@H]8O)[C@@H](O)[C@H](O)[C@H]7O)C6(C)C)[C@]5(C)[C@H](O)C[C@]34C)C(C)(C)O)[C@H](O[C@@H]3O[C@H](CO)[C@@H](O)[C@H](O)[C@H]3O)[C@@H](O)[C@@H]2O)O[C@@H]1CO. The quantitative estimate of drug-likeness (QED) is 0.0515. The first-order valence-electron chi connectivity index (χ1n) is 31.9. The molecule has 28 nitrogen and oxygen atoms in total. The Kier molecular flexibility index (Phi) is 22.3. The number of fused-ring (bicyclic) bond motifs is 5. The maximum absolute atomic E-state index is 12.8. The zero-order chi connectivity index (χ0) is 65.5. The fraction of sp³-hybridized carbons (Fsp3) is 0.967. The molecule has 0 unspecified atom stereocenters. The van der Waals surface area contributed by atoms with Gasteiger partial charge in [-0.3, -0.25) is 0 Å². The second-order valence-corrected chi connectivity index (χ2v) is 29.1. The van der Waals surface area contributed by atoms with Crippen LogP contribution in [0.5, 0.6) is 0 Å². The summed E-state index contributed by atoms with van der Waals surface area (Å²) in [6.45, 7) is 14.6. The molecule has 0 amide bonds. The number of rotatable bonds is 20. The summed E-state index contributed by atoms with van der Waals surface area (Å²) < 4.78 is 59.9. The van der Waals surface area contributed by atoms with E-state index in [1.165, 1.54) is 13.8 Å². The molecule has 0 aromatic heterocycles. The van der Waals surface area contributed by atoms with Gasteiger partial charge in [0.05, 0.1) is 69.2 Å². The predicted octanol–water partition coefficient (Wildman–Crippen LogP) is -4.13. The molecule has 0 bridgehead atoms. The molecule has 5 saturated heterocycles. The van der Waals surface area contributed by atoms with Gasteiger partial charge in [-0.15, -0.1) is 0 Å². The van der Waals surface area contributed by atoms with Gasteiger partial charge < -0.3 is 139 Å². The maximum Gasteiger partial charge on any atom is 0.187 e. The summed E-state index contributed by atoms with van der Waals surface area (Å²) in [7, 11) is 0. The summed E-state index contributed by atoms with van der Waals surface area (Å²) in [5.74, 6) is -0.635. The van der Waals surface area contributed by atoms with Crippen LogP contribution in [0.4, 0.5) is 0 Å². The van der Waals surface area contributed by atoms with Crippen molar-refractivity contribution in [2.75, 3.05) is 33.0 Å². The van der Waals surface area contributed by atoms with Crippen LogP contribution in [-0.4, -0.2) is 296 Å². The summed E-state index contributed by atoms with van der Waals surface area (Å²) >= 11 is 0. The molecule has 18 N–H and O–H groups in total. The molecular formula is C61H104O28. The standard InChI is InChI=1S/C61H104O28/c1-24(10-14-37(58(5,6)79)88-56-51(89-55-50(78)44(72)40(68)31(21-64)84-55)46(74)42(70)33(86-56)23-80-52-47(75)38(66)25(2)29(19-62)82-52)26-16-17-59(7)34-13-11-27-28(61(34,9)35(65)18-60(26,59)8)12-15-36(57(27,3)4)87-54-49(77)45(73)41(69)32(85-54)22-81-53-48(76)43(71)39(67)30(20-63)83-53/h11,24-26,28-56,62-79H,10,12-23H2,1-9H3/t24-,25-,26-,28-,29-,30-,31-,32-,33-,34+,35-,36+,37-,38+,39-,40-,41-,42-,43+,44+,45+,46+,47-,48-,49-,50-,51-,52-,53-,54+,55+,56+,59+,60-,61+/m1/s1. The molecular weight excluding hydrogens is 1180 g/mol. The molecule has 0 aromatic rings. The van der Waals surface area contributed by atoms with Crippen LogP contribution in [0.1, 0.15) is 114 Å². The predicted molar refractivity (Wildman–Crippen MR) is 303 cm³/mol. The summed E-state index contributed by atoms with van der Waals surface area (Å²) in [4.78, 5) is 0. The van der Waals surface area contributed by atoms with E-state index in [-0.39, 0.29) is 40.9 Å². The second kappa shape index (κ2) is 27.6. The summed E-state index contributed by atoms with van der Waals surface area (Å²) in [5.41, 5.74) is -2.41. The van der Waals surface area contributed by atoms with Crippen molar-refractivity contribution in [2.45, 2.75) is 285 Å². The minimum absolute atomic E-state index is 0.0198. The lowest BCUT2D eigenvalue weighted by Gasteiger charge is -2.67. The van der Waals surface area contributed by atoms with Gasteiger partial charge >= 0.3 is 0 Å². The first kappa shape index (κ1) is 71.9. The summed E-state index contributed by atoms with van der Waals surface area (Å²) in [6.07, 6.45) is -33.9. The normalized spacial score (nSPS) is 51.8. The fourth-order valence-corrected chi connectivity index (χ4v) is 17.2. The highest BCUT2D eigenvalue weighted by molar-refractivity contribution is 5.32. The molecule has 35 atom stereocenters. The van der Waals surface area contributed by atoms with Gasteiger partial charge in [0, 0.05) is 16.7 Å². The Hall–Kier alpha value is -1.38. The average molecular weight is 1290 g/mol. The van der Waals surface area contributed by atoms with Crippen molar-refractivity contribution in [1.82, 2.24) is 0 Å². The first-order chi connectivity index (χ1) is 41.6. The van der Waals surface area contributed by atoms with E-state index in [1.54, 1.807) is 6.92 Å². The van der Waals surface area contributed by atoms with Crippen molar-refractivity contribution in [2.24, 2.45) is 51.2 Å². The van der Waals surface area contributed by atoms with Gasteiger partial charge in [-0.05, 0) is 99.7 Å². The van der Waals surface area contributed by atoms with E-state index in [4.69, 9.17) is 47.4 Å². The van der Waals surface area contributed by atoms with Gasteiger partial charge in [0.25, 0.3) is 0 Å². The van der Waals surface area contributed by atoms with Crippen LogP contribution in [-0.2, 0) is 47.4 Å². The van der Waals surface area contributed by atoms with Crippen LogP contribution in [0.25, 0.3) is 0 Å². The number of ether oxygens (including phenoxy) is 10. The third kappa shape index (κ3) is 13.1. The van der Waals surface area contributed by atoms with Gasteiger partial charge in [-0.25, -0.2) is 0 Å². The number of allylic oxidation sites excluding steroid dienone is 1. The van der Waals surface area contributed by atoms with E-state index >= 15 is 0 Å². The van der Waals surface area contributed by atoms with Crippen molar-refractivity contribution in [3.63, 3.8) is 0 Å². The van der Waals surface area contributed by atoms with Crippen LogP contribution >= 0.6 is 0 Å². The highest BCUT2D eigenvalue weighted by atomic mass is 16.8. The van der Waals surface area contributed by atoms with E-state index in [0.29, 0.717) is 32.1 Å². The van der Waals surface area contributed by atoms with E-state index in [9.17, 15) is 91.9 Å². The summed E-state index contributed by atoms with van der Waals surface area (Å²) in [5, 5.41) is 196. The molecule has 4 aliphatic carbocycles. The largest absolute Gasteiger partial charge is 0.394 e. The van der Waals surface area contributed by atoms with Gasteiger partial charge in [-0.1, -0.05) is 60.1 Å². The molecule has 3 saturated carbocycles. The Labute approximate surface area is 518 Å². The third-order valence-corrected chi connectivity index (χ3v) is 23.3. The molecule has 0 radical (unpaired) electrons. The van der Waals surface area contributed by atoms with Crippen molar-refractivity contribution >= 4 is 0 Å². The zero-order valence-corrected chi connectivity index (χ0v) is 52.4. The number of hydrogen-bond acceptors (Lipinski definition) is 28. The van der Waals surface area contributed by atoms with Crippen molar-refractivity contribution in [3.8, 4) is 0 Å². The van der Waals surface area contributed by atoms with Crippen LogP contribution in [0.15, 0.2) is 11.6 Å². The van der Waals surface area contributed by atoms with E-state index in [0.717, 1.165) is 18.4 Å². The molecule has 5 aliphatic heterocycles. The molecule has 9 aliphatic rings. The number of aliphatic hydroxyl groups is 18. The summed E-state index contributed by atoms with van der Waals surface area (Å²) in [6, 6.07) is 0. The highest BCUT2D eigenvalue weighted by Gasteiger charge is 2.70. The minimum Gasteiger partial charge on any atom is -0.394 e. The molecule has 89 heavy (non-hydrogen) atoms. The smallest absolute Gasteiger partial charge is 0.187 e. The number of hydrogen-bond donors (Lipinski definition) is 18. The molecule has 28 heteroatoms. The van der Waals surface area contributed by atoms with Gasteiger partial charge in [0.1, 0.15) is 104 Å². The Morgan fingerprint density at radius 2 is 1.01 bits per heavy atom. The van der Waals surface area contributed by atoms with Crippen molar-refractivity contribution in [1.29, 1.82) is 0 Å². The lowest BCUT2D eigenvalue weighted by atomic mass is 9.38. The van der Waals surface area contributed by atoms with Crippen molar-refractivity contribution in [3.05, 3.63) is 11.6 Å². The third-order valence-electron chi connectivity index (χ3n) is 23.3. The second-order valence-electron chi connectivity index (χ2n) is 29.1. The molecule has 0 aromatic carbocycles. The Morgan fingerprint density at radius 1 is 0.539 bits per heavy atom. The Bertz CT molecular complexity index is 2340.